The normalized spacial score (nSPS) is 11.8. The lowest BCUT2D eigenvalue weighted by atomic mass is 10.1. The van der Waals surface area contributed by atoms with E-state index in [0.29, 0.717) is 29.5 Å². The standard InChI is InChI=1S/C14H21ClFN3/c1-10(2)9-19-14(17-3)18-8-7-11-12(15)5-4-6-13(11)16/h4-6,10H,7-9H2,1-3H3,(H2,17,18,19). The van der Waals surface area contributed by atoms with Gasteiger partial charge in [-0.2, -0.15) is 0 Å². The van der Waals surface area contributed by atoms with Crippen LogP contribution in [0.2, 0.25) is 5.02 Å². The summed E-state index contributed by atoms with van der Waals surface area (Å²) in [5, 5.41) is 6.80. The quantitative estimate of drug-likeness (QED) is 0.645. The van der Waals surface area contributed by atoms with E-state index in [9.17, 15) is 4.39 Å². The summed E-state index contributed by atoms with van der Waals surface area (Å²) in [4.78, 5) is 4.10. The molecule has 0 radical (unpaired) electrons. The van der Waals surface area contributed by atoms with Gasteiger partial charge in [-0.05, 0) is 24.5 Å². The number of halogens is 2. The summed E-state index contributed by atoms with van der Waals surface area (Å²) in [5.41, 5.74) is 0.538. The van der Waals surface area contributed by atoms with Gasteiger partial charge < -0.3 is 10.6 Å². The summed E-state index contributed by atoms with van der Waals surface area (Å²) in [7, 11) is 1.71. The molecule has 0 fully saturated rings. The number of guanidine groups is 1. The molecule has 0 aliphatic rings. The second-order valence-electron chi connectivity index (χ2n) is 4.72. The Balaban J connectivity index is 2.45. The monoisotopic (exact) mass is 285 g/mol. The summed E-state index contributed by atoms with van der Waals surface area (Å²) >= 11 is 5.97. The molecule has 0 bridgehead atoms. The van der Waals surface area contributed by atoms with E-state index in [1.807, 2.05) is 0 Å². The Morgan fingerprint density at radius 2 is 2.11 bits per heavy atom. The lowest BCUT2D eigenvalue weighted by Gasteiger charge is -2.13. The molecule has 0 saturated carbocycles. The average molecular weight is 286 g/mol. The highest BCUT2D eigenvalue weighted by Gasteiger charge is 2.06. The summed E-state index contributed by atoms with van der Waals surface area (Å²) < 4.78 is 13.6. The van der Waals surface area contributed by atoms with E-state index < -0.39 is 0 Å². The molecule has 1 rings (SSSR count). The smallest absolute Gasteiger partial charge is 0.190 e. The van der Waals surface area contributed by atoms with Crippen LogP contribution in [-0.4, -0.2) is 26.1 Å². The highest BCUT2D eigenvalue weighted by atomic mass is 35.5. The molecular formula is C14H21ClFN3. The van der Waals surface area contributed by atoms with E-state index in [1.54, 1.807) is 19.2 Å². The lowest BCUT2D eigenvalue weighted by molar-refractivity contribution is 0.602. The van der Waals surface area contributed by atoms with E-state index in [-0.39, 0.29) is 5.82 Å². The fraction of sp³-hybridized carbons (Fsp3) is 0.500. The van der Waals surface area contributed by atoms with Crippen LogP contribution in [0, 0.1) is 11.7 Å². The van der Waals surface area contributed by atoms with Crippen LogP contribution in [0.3, 0.4) is 0 Å². The first-order chi connectivity index (χ1) is 9.04. The van der Waals surface area contributed by atoms with E-state index in [4.69, 9.17) is 11.6 Å². The largest absolute Gasteiger partial charge is 0.356 e. The second kappa shape index (κ2) is 8.00. The molecule has 5 heteroatoms. The zero-order chi connectivity index (χ0) is 14.3. The molecule has 3 nitrogen and oxygen atoms in total. The van der Waals surface area contributed by atoms with Crippen LogP contribution in [0.4, 0.5) is 4.39 Å². The van der Waals surface area contributed by atoms with Gasteiger partial charge >= 0.3 is 0 Å². The Labute approximate surface area is 119 Å². The van der Waals surface area contributed by atoms with E-state index in [2.05, 4.69) is 29.5 Å². The first-order valence-corrected chi connectivity index (χ1v) is 6.79. The van der Waals surface area contributed by atoms with Gasteiger partial charge in [0.05, 0.1) is 0 Å². The molecule has 0 aliphatic heterocycles. The fourth-order valence-corrected chi connectivity index (χ4v) is 1.86. The topological polar surface area (TPSA) is 36.4 Å². The van der Waals surface area contributed by atoms with E-state index in [0.717, 1.165) is 12.5 Å². The molecular weight excluding hydrogens is 265 g/mol. The van der Waals surface area contributed by atoms with Gasteiger partial charge in [-0.15, -0.1) is 0 Å². The van der Waals surface area contributed by atoms with Crippen LogP contribution in [0.25, 0.3) is 0 Å². The van der Waals surface area contributed by atoms with Crippen molar-refractivity contribution in [3.05, 3.63) is 34.6 Å². The van der Waals surface area contributed by atoms with Gasteiger partial charge in [-0.1, -0.05) is 31.5 Å². The van der Waals surface area contributed by atoms with Crippen LogP contribution in [0.15, 0.2) is 23.2 Å². The number of hydrogen-bond acceptors (Lipinski definition) is 1. The summed E-state index contributed by atoms with van der Waals surface area (Å²) in [5.74, 6) is 1.00. The molecule has 1 aromatic rings. The van der Waals surface area contributed by atoms with Crippen molar-refractivity contribution in [2.45, 2.75) is 20.3 Å². The third kappa shape index (κ3) is 5.47. The Morgan fingerprint density at radius 1 is 1.37 bits per heavy atom. The van der Waals surface area contributed by atoms with E-state index in [1.165, 1.54) is 6.07 Å². The summed E-state index contributed by atoms with van der Waals surface area (Å²) in [6.45, 7) is 5.68. The molecule has 0 aliphatic carbocycles. The SMILES string of the molecule is CN=C(NCCc1c(F)cccc1Cl)NCC(C)C. The Hall–Kier alpha value is -1.29. The molecule has 1 aromatic carbocycles. The highest BCUT2D eigenvalue weighted by molar-refractivity contribution is 6.31. The van der Waals surface area contributed by atoms with Crippen LogP contribution in [0.5, 0.6) is 0 Å². The zero-order valence-corrected chi connectivity index (χ0v) is 12.4. The van der Waals surface area contributed by atoms with E-state index >= 15 is 0 Å². The predicted octanol–water partition coefficient (Wildman–Crippen LogP) is 2.84. The van der Waals surface area contributed by atoms with Crippen molar-refractivity contribution in [3.63, 3.8) is 0 Å². The minimum absolute atomic E-state index is 0.264. The first-order valence-electron chi connectivity index (χ1n) is 6.42. The van der Waals surface area contributed by atoms with Crippen molar-refractivity contribution in [3.8, 4) is 0 Å². The Bertz CT molecular complexity index is 412. The minimum atomic E-state index is -0.264. The molecule has 106 valence electrons. The maximum Gasteiger partial charge on any atom is 0.190 e. The van der Waals surface area contributed by atoms with Gasteiger partial charge in [-0.25, -0.2) is 4.39 Å². The zero-order valence-electron chi connectivity index (χ0n) is 11.6. The van der Waals surface area contributed by atoms with Gasteiger partial charge in [-0.3, -0.25) is 4.99 Å². The summed E-state index contributed by atoms with van der Waals surface area (Å²) in [6.07, 6.45) is 0.522. The number of rotatable bonds is 5. The van der Waals surface area contributed by atoms with Crippen LogP contribution in [0.1, 0.15) is 19.4 Å². The number of benzene rings is 1. The summed E-state index contributed by atoms with van der Waals surface area (Å²) in [6, 6.07) is 4.73. The Kier molecular flexibility index (Phi) is 6.64. The number of nitrogens with one attached hydrogen (secondary N) is 2. The molecule has 0 heterocycles. The van der Waals surface area contributed by atoms with Gasteiger partial charge in [0, 0.05) is 30.7 Å². The van der Waals surface area contributed by atoms with Crippen LogP contribution < -0.4 is 10.6 Å². The maximum atomic E-state index is 13.6. The molecule has 0 amide bonds. The highest BCUT2D eigenvalue weighted by Crippen LogP contribution is 2.18. The molecule has 2 N–H and O–H groups in total. The molecule has 0 saturated heterocycles. The molecule has 0 aromatic heterocycles. The molecule has 19 heavy (non-hydrogen) atoms. The van der Waals surface area contributed by atoms with Gasteiger partial charge in [0.15, 0.2) is 5.96 Å². The third-order valence-corrected chi connectivity index (χ3v) is 2.98. The van der Waals surface area contributed by atoms with Crippen LogP contribution in [-0.2, 0) is 6.42 Å². The van der Waals surface area contributed by atoms with Crippen molar-refractivity contribution in [1.82, 2.24) is 10.6 Å². The molecule has 0 unspecified atom stereocenters. The van der Waals surface area contributed by atoms with Gasteiger partial charge in [0.25, 0.3) is 0 Å². The predicted molar refractivity (Wildman–Crippen MR) is 79.3 cm³/mol. The third-order valence-electron chi connectivity index (χ3n) is 2.63. The average Bonchev–Trinajstić information content (AvgIpc) is 2.36. The van der Waals surface area contributed by atoms with Gasteiger partial charge in [0.1, 0.15) is 5.82 Å². The molecule has 0 spiro atoms. The maximum absolute atomic E-state index is 13.6. The molecule has 0 atom stereocenters. The minimum Gasteiger partial charge on any atom is -0.356 e. The second-order valence-corrected chi connectivity index (χ2v) is 5.13. The van der Waals surface area contributed by atoms with Crippen molar-refractivity contribution in [2.75, 3.05) is 20.1 Å². The van der Waals surface area contributed by atoms with Crippen LogP contribution >= 0.6 is 11.6 Å². The Morgan fingerprint density at radius 3 is 2.68 bits per heavy atom. The van der Waals surface area contributed by atoms with Crippen molar-refractivity contribution in [2.24, 2.45) is 10.9 Å². The number of nitrogens with zero attached hydrogens (tertiary/aromatic N) is 1. The number of hydrogen-bond donors (Lipinski definition) is 2. The van der Waals surface area contributed by atoms with Crippen molar-refractivity contribution in [1.29, 1.82) is 0 Å². The first kappa shape index (κ1) is 15.8. The van der Waals surface area contributed by atoms with Crippen molar-refractivity contribution < 1.29 is 4.39 Å². The number of aliphatic imine (C=N–C) groups is 1. The fourth-order valence-electron chi connectivity index (χ4n) is 1.60. The van der Waals surface area contributed by atoms with Gasteiger partial charge in [0.2, 0.25) is 0 Å². The van der Waals surface area contributed by atoms with Crippen molar-refractivity contribution >= 4 is 17.6 Å². The lowest BCUT2D eigenvalue weighted by Crippen LogP contribution is -2.40.